The van der Waals surface area contributed by atoms with Gasteiger partial charge in [-0.25, -0.2) is 4.39 Å². The topological polar surface area (TPSA) is 57.2 Å². The third-order valence-electron chi connectivity index (χ3n) is 2.65. The van der Waals surface area contributed by atoms with Crippen molar-refractivity contribution in [2.45, 2.75) is 6.92 Å². The molecule has 0 bridgehead atoms. The zero-order valence-corrected chi connectivity index (χ0v) is 10.3. The Labute approximate surface area is 105 Å². The number of halogens is 1. The highest BCUT2D eigenvalue weighted by atomic mass is 32.2. The molecule has 18 heavy (non-hydrogen) atoms. The fraction of sp³-hybridized carbons (Fsp3) is 0.0833. The SMILES string of the molecule is CC1=CC=C[N+]([O-])(c2ccccc2F)C1=S(=O)=O. The van der Waals surface area contributed by atoms with E-state index in [0.29, 0.717) is 5.57 Å². The van der Waals surface area contributed by atoms with Crippen LogP contribution in [0.2, 0.25) is 0 Å². The van der Waals surface area contributed by atoms with Crippen LogP contribution in [0.5, 0.6) is 0 Å². The minimum Gasteiger partial charge on any atom is -0.616 e. The van der Waals surface area contributed by atoms with Gasteiger partial charge in [-0.1, -0.05) is 12.1 Å². The molecule has 0 spiro atoms. The largest absolute Gasteiger partial charge is 0.616 e. The molecule has 1 aromatic rings. The third-order valence-corrected chi connectivity index (χ3v) is 3.56. The lowest BCUT2D eigenvalue weighted by Crippen LogP contribution is -2.46. The maximum Gasteiger partial charge on any atom is 0.277 e. The molecule has 0 radical (unpaired) electrons. The van der Waals surface area contributed by atoms with Gasteiger partial charge in [0.15, 0.2) is 11.5 Å². The van der Waals surface area contributed by atoms with Gasteiger partial charge in [0.05, 0.1) is 0 Å². The lowest BCUT2D eigenvalue weighted by molar-refractivity contribution is 0.586. The zero-order valence-electron chi connectivity index (χ0n) is 9.50. The Morgan fingerprint density at radius 2 is 1.94 bits per heavy atom. The first-order chi connectivity index (χ1) is 8.47. The first-order valence-corrected chi connectivity index (χ1v) is 6.22. The molecule has 0 aromatic heterocycles. The van der Waals surface area contributed by atoms with Crippen LogP contribution in [0.25, 0.3) is 0 Å². The van der Waals surface area contributed by atoms with Gasteiger partial charge in [-0.15, -0.1) is 0 Å². The van der Waals surface area contributed by atoms with Crippen LogP contribution in [-0.4, -0.2) is 13.4 Å². The molecule has 0 fully saturated rings. The molecular weight excluding hydrogens is 257 g/mol. The first-order valence-electron chi connectivity index (χ1n) is 5.15. The predicted molar refractivity (Wildman–Crippen MR) is 68.4 cm³/mol. The van der Waals surface area contributed by atoms with Gasteiger partial charge in [0, 0.05) is 11.6 Å². The quantitative estimate of drug-likeness (QED) is 0.445. The summed E-state index contributed by atoms with van der Waals surface area (Å²) in [4.78, 5) is -0.400. The smallest absolute Gasteiger partial charge is 0.277 e. The molecule has 1 atom stereocenters. The average molecular weight is 267 g/mol. The number of allylic oxidation sites excluding steroid dienone is 2. The molecule has 0 saturated heterocycles. The number of para-hydroxylation sites is 1. The predicted octanol–water partition coefficient (Wildman–Crippen LogP) is 2.11. The van der Waals surface area contributed by atoms with Crippen LogP contribution in [0, 0.1) is 11.0 Å². The molecule has 0 saturated carbocycles. The van der Waals surface area contributed by atoms with E-state index in [1.807, 2.05) is 0 Å². The van der Waals surface area contributed by atoms with Crippen molar-refractivity contribution in [2.24, 2.45) is 0 Å². The fourth-order valence-corrected chi connectivity index (χ4v) is 2.57. The molecule has 0 aliphatic carbocycles. The van der Waals surface area contributed by atoms with Crippen LogP contribution in [0.4, 0.5) is 10.1 Å². The molecule has 2 rings (SSSR count). The van der Waals surface area contributed by atoms with Crippen molar-refractivity contribution in [2.75, 3.05) is 0 Å². The maximum atomic E-state index is 13.7. The number of hydroxylamine groups is 2. The van der Waals surface area contributed by atoms with Gasteiger partial charge < -0.3 is 5.21 Å². The van der Waals surface area contributed by atoms with Crippen LogP contribution in [-0.2, 0) is 10.3 Å². The Hall–Kier alpha value is -1.76. The molecule has 1 heterocycles. The van der Waals surface area contributed by atoms with Gasteiger partial charge in [-0.3, -0.25) is 4.65 Å². The van der Waals surface area contributed by atoms with Crippen LogP contribution < -0.4 is 4.65 Å². The number of hydrogen-bond donors (Lipinski definition) is 0. The lowest BCUT2D eigenvalue weighted by atomic mass is 10.1. The summed E-state index contributed by atoms with van der Waals surface area (Å²) in [5.41, 5.74) is 0.0458. The molecular formula is C12H10FNO3S. The molecule has 4 nitrogen and oxygen atoms in total. The van der Waals surface area contributed by atoms with Crippen molar-refractivity contribution < 1.29 is 12.8 Å². The monoisotopic (exact) mass is 267 g/mol. The molecule has 94 valence electrons. The fourth-order valence-electron chi connectivity index (χ4n) is 1.86. The van der Waals surface area contributed by atoms with Gasteiger partial charge in [0.1, 0.15) is 6.20 Å². The number of quaternary nitrogens is 1. The Kier molecular flexibility index (Phi) is 3.16. The second-order valence-corrected chi connectivity index (χ2v) is 4.70. The second-order valence-electron chi connectivity index (χ2n) is 3.84. The molecule has 6 heteroatoms. The van der Waals surface area contributed by atoms with E-state index in [0.717, 1.165) is 12.3 Å². The van der Waals surface area contributed by atoms with Crippen LogP contribution in [0.1, 0.15) is 6.92 Å². The molecule has 0 N–H and O–H groups in total. The summed E-state index contributed by atoms with van der Waals surface area (Å²) < 4.78 is 34.7. The van der Waals surface area contributed by atoms with Crippen molar-refractivity contribution in [3.63, 3.8) is 0 Å². The lowest BCUT2D eigenvalue weighted by Gasteiger charge is -2.38. The Morgan fingerprint density at radius 1 is 1.28 bits per heavy atom. The van der Waals surface area contributed by atoms with E-state index in [1.54, 1.807) is 0 Å². The van der Waals surface area contributed by atoms with Crippen molar-refractivity contribution in [3.05, 3.63) is 59.2 Å². The van der Waals surface area contributed by atoms with E-state index in [4.69, 9.17) is 0 Å². The highest BCUT2D eigenvalue weighted by molar-refractivity contribution is 7.73. The Balaban J connectivity index is 2.77. The second kappa shape index (κ2) is 4.49. The van der Waals surface area contributed by atoms with Gasteiger partial charge in [0.2, 0.25) is 0 Å². The summed E-state index contributed by atoms with van der Waals surface area (Å²) in [7, 11) is -2.72. The standard InChI is InChI=1S/C12H10FNO3S/c1-9-5-4-8-14(15,12(9)18(16)17)11-7-3-2-6-10(11)13/h2-8H,1H3. The Bertz CT molecular complexity index is 683. The summed E-state index contributed by atoms with van der Waals surface area (Å²) in [6, 6.07) is 5.33. The van der Waals surface area contributed by atoms with Gasteiger partial charge in [0.25, 0.3) is 15.3 Å². The van der Waals surface area contributed by atoms with Crippen LogP contribution in [0.3, 0.4) is 0 Å². The summed E-state index contributed by atoms with van der Waals surface area (Å²) in [6.07, 6.45) is 4.02. The molecule has 1 aliphatic heterocycles. The molecule has 1 unspecified atom stereocenters. The highest BCUT2D eigenvalue weighted by Crippen LogP contribution is 2.30. The summed E-state index contributed by atoms with van der Waals surface area (Å²) in [5, 5.41) is 12.7. The highest BCUT2D eigenvalue weighted by Gasteiger charge is 2.33. The maximum absolute atomic E-state index is 13.7. The summed E-state index contributed by atoms with van der Waals surface area (Å²) in [5.74, 6) is -0.741. The van der Waals surface area contributed by atoms with E-state index >= 15 is 0 Å². The average Bonchev–Trinajstić information content (AvgIpc) is 2.28. The normalized spacial score (nSPS) is 22.8. The number of benzene rings is 1. The minimum absolute atomic E-state index is 0.250. The van der Waals surface area contributed by atoms with E-state index in [-0.39, 0.29) is 5.69 Å². The van der Waals surface area contributed by atoms with Crippen LogP contribution >= 0.6 is 0 Å². The third kappa shape index (κ3) is 1.90. The molecule has 1 aliphatic rings. The minimum atomic E-state index is -2.72. The zero-order chi connectivity index (χ0) is 13.3. The van der Waals surface area contributed by atoms with Crippen molar-refractivity contribution >= 4 is 21.0 Å². The van der Waals surface area contributed by atoms with Crippen molar-refractivity contribution in [1.82, 2.24) is 4.65 Å². The first kappa shape index (κ1) is 12.7. The molecule has 0 amide bonds. The van der Waals surface area contributed by atoms with E-state index < -0.39 is 25.7 Å². The molecule has 1 aromatic carbocycles. The van der Waals surface area contributed by atoms with Gasteiger partial charge in [-0.05, 0) is 25.1 Å². The summed E-state index contributed by atoms with van der Waals surface area (Å²) in [6.45, 7) is 1.50. The summed E-state index contributed by atoms with van der Waals surface area (Å²) >= 11 is 0. The number of hydrogen-bond acceptors (Lipinski definition) is 3. The van der Waals surface area contributed by atoms with E-state index in [2.05, 4.69) is 0 Å². The van der Waals surface area contributed by atoms with Gasteiger partial charge >= 0.3 is 0 Å². The van der Waals surface area contributed by atoms with Crippen molar-refractivity contribution in [1.29, 1.82) is 0 Å². The van der Waals surface area contributed by atoms with E-state index in [1.165, 1.54) is 37.3 Å². The number of nitrogens with zero attached hydrogens (tertiary/aromatic N) is 1. The number of rotatable bonds is 1. The van der Waals surface area contributed by atoms with Gasteiger partial charge in [-0.2, -0.15) is 8.42 Å². The van der Waals surface area contributed by atoms with Crippen molar-refractivity contribution in [3.8, 4) is 0 Å². The Morgan fingerprint density at radius 3 is 2.56 bits per heavy atom. The van der Waals surface area contributed by atoms with E-state index in [9.17, 15) is 18.0 Å². The van der Waals surface area contributed by atoms with Crippen LogP contribution in [0.15, 0.2) is 48.2 Å².